The molecule has 0 saturated heterocycles. The van der Waals surface area contributed by atoms with E-state index in [-0.39, 0.29) is 11.9 Å². The molecule has 0 spiro atoms. The summed E-state index contributed by atoms with van der Waals surface area (Å²) >= 11 is 0. The molecule has 0 saturated carbocycles. The first-order valence-corrected chi connectivity index (χ1v) is 8.39. The first-order chi connectivity index (χ1) is 10.3. The highest BCUT2D eigenvalue weighted by Gasteiger charge is 2.23. The van der Waals surface area contributed by atoms with Crippen LogP contribution >= 0.6 is 0 Å². The molecule has 0 bridgehead atoms. The van der Waals surface area contributed by atoms with Crippen LogP contribution in [0.3, 0.4) is 0 Å². The monoisotopic (exact) mass is 312 g/mol. The largest absolute Gasteiger partial charge is 0.463 e. The molecule has 0 aliphatic rings. The van der Waals surface area contributed by atoms with E-state index in [4.69, 9.17) is 9.47 Å². The molecule has 0 N–H and O–H groups in total. The molecule has 22 heavy (non-hydrogen) atoms. The van der Waals surface area contributed by atoms with Crippen molar-refractivity contribution in [1.82, 2.24) is 0 Å². The van der Waals surface area contributed by atoms with Crippen LogP contribution in [0.1, 0.15) is 67.2 Å². The second-order valence-electron chi connectivity index (χ2n) is 6.26. The first kappa shape index (κ1) is 20.7. The molecular weight excluding hydrogens is 280 g/mol. The number of hydrogen-bond donors (Lipinski definition) is 0. The van der Waals surface area contributed by atoms with Crippen molar-refractivity contribution >= 4 is 11.9 Å². The molecule has 0 aliphatic heterocycles. The van der Waals surface area contributed by atoms with E-state index in [1.54, 1.807) is 13.8 Å². The van der Waals surface area contributed by atoms with Crippen LogP contribution in [0.2, 0.25) is 0 Å². The molecule has 0 aromatic carbocycles. The number of carbonyl (C=O) groups is 2. The van der Waals surface area contributed by atoms with Crippen LogP contribution in [0, 0.1) is 11.8 Å². The van der Waals surface area contributed by atoms with E-state index in [1.165, 1.54) is 0 Å². The Morgan fingerprint density at radius 2 is 1.05 bits per heavy atom. The lowest BCUT2D eigenvalue weighted by Crippen LogP contribution is -2.18. The lowest BCUT2D eigenvalue weighted by Gasteiger charge is -2.15. The van der Waals surface area contributed by atoms with E-state index in [2.05, 4.69) is 27.7 Å². The molecule has 0 atom stereocenters. The Bertz CT molecular complexity index is 345. The van der Waals surface area contributed by atoms with E-state index >= 15 is 0 Å². The van der Waals surface area contributed by atoms with Crippen LogP contribution in [-0.2, 0) is 19.1 Å². The maximum Gasteiger partial charge on any atom is 0.334 e. The third kappa shape index (κ3) is 8.20. The van der Waals surface area contributed by atoms with Crippen LogP contribution in [0.25, 0.3) is 0 Å². The normalized spacial score (nSPS) is 12.4. The van der Waals surface area contributed by atoms with Gasteiger partial charge in [-0.3, -0.25) is 0 Å². The van der Waals surface area contributed by atoms with Crippen molar-refractivity contribution in [3.8, 4) is 0 Å². The second-order valence-corrected chi connectivity index (χ2v) is 6.26. The number of hydrogen-bond acceptors (Lipinski definition) is 4. The highest BCUT2D eigenvalue weighted by molar-refractivity contribution is 6.00. The average molecular weight is 312 g/mol. The molecule has 4 nitrogen and oxygen atoms in total. The first-order valence-electron chi connectivity index (χ1n) is 8.39. The van der Waals surface area contributed by atoms with Crippen molar-refractivity contribution in [3.63, 3.8) is 0 Å². The topological polar surface area (TPSA) is 52.6 Å². The summed E-state index contributed by atoms with van der Waals surface area (Å²) in [4.78, 5) is 24.5. The van der Waals surface area contributed by atoms with E-state index in [0.717, 1.165) is 12.8 Å². The molecule has 0 heterocycles. The molecule has 0 aliphatic carbocycles. The van der Waals surface area contributed by atoms with Crippen LogP contribution < -0.4 is 0 Å². The van der Waals surface area contributed by atoms with Gasteiger partial charge in [0, 0.05) is 11.1 Å². The minimum Gasteiger partial charge on any atom is -0.463 e. The predicted octanol–water partition coefficient (Wildman–Crippen LogP) is 4.28. The van der Waals surface area contributed by atoms with E-state index < -0.39 is 0 Å². The fourth-order valence-electron chi connectivity index (χ4n) is 2.05. The molecule has 0 aromatic rings. The highest BCUT2D eigenvalue weighted by Crippen LogP contribution is 2.23. The van der Waals surface area contributed by atoms with E-state index in [0.29, 0.717) is 49.0 Å². The molecule has 0 amide bonds. The predicted molar refractivity (Wildman–Crippen MR) is 88.4 cm³/mol. The minimum atomic E-state index is -0.380. The molecule has 4 heteroatoms. The smallest absolute Gasteiger partial charge is 0.334 e. The fraction of sp³-hybridized carbons (Fsp3) is 0.778. The zero-order valence-electron chi connectivity index (χ0n) is 15.0. The third-order valence-corrected chi connectivity index (χ3v) is 3.35. The highest BCUT2D eigenvalue weighted by atomic mass is 16.5. The van der Waals surface area contributed by atoms with Gasteiger partial charge in [-0.2, -0.15) is 0 Å². The SMILES string of the molecule is CCOC(=O)/C(CCC(C)C)=C(/CCC(C)C)C(=O)OCC. The van der Waals surface area contributed by atoms with Gasteiger partial charge in [-0.25, -0.2) is 9.59 Å². The minimum absolute atomic E-state index is 0.310. The van der Waals surface area contributed by atoms with Gasteiger partial charge in [0.2, 0.25) is 0 Å². The Hall–Kier alpha value is -1.32. The van der Waals surface area contributed by atoms with Gasteiger partial charge in [0.25, 0.3) is 0 Å². The van der Waals surface area contributed by atoms with Crippen molar-refractivity contribution in [2.45, 2.75) is 67.2 Å². The Morgan fingerprint density at radius 3 is 1.27 bits per heavy atom. The standard InChI is InChI=1S/C18H32O4/c1-7-21-17(19)15(11-9-13(3)4)16(12-10-14(5)6)18(20)22-8-2/h13-14H,7-12H2,1-6H3/b16-15-. The van der Waals surface area contributed by atoms with Gasteiger partial charge in [0.05, 0.1) is 13.2 Å². The summed E-state index contributed by atoms with van der Waals surface area (Å²) in [6.07, 6.45) is 2.81. The summed E-state index contributed by atoms with van der Waals surface area (Å²) in [5.41, 5.74) is 0.990. The van der Waals surface area contributed by atoms with Gasteiger partial charge in [-0.1, -0.05) is 27.7 Å². The van der Waals surface area contributed by atoms with Gasteiger partial charge < -0.3 is 9.47 Å². The Morgan fingerprint density at radius 1 is 0.727 bits per heavy atom. The molecular formula is C18H32O4. The maximum absolute atomic E-state index is 12.3. The maximum atomic E-state index is 12.3. The summed E-state index contributed by atoms with van der Waals surface area (Å²) < 4.78 is 10.3. The lowest BCUT2D eigenvalue weighted by molar-refractivity contribution is -0.142. The van der Waals surface area contributed by atoms with E-state index in [1.807, 2.05) is 0 Å². The molecule has 0 rings (SSSR count). The summed E-state index contributed by atoms with van der Waals surface area (Å²) in [6.45, 7) is 12.6. The van der Waals surface area contributed by atoms with Crippen molar-refractivity contribution in [1.29, 1.82) is 0 Å². The summed E-state index contributed by atoms with van der Waals surface area (Å²) in [5, 5.41) is 0. The Labute approximate surface area is 135 Å². The summed E-state index contributed by atoms with van der Waals surface area (Å²) in [7, 11) is 0. The van der Waals surface area contributed by atoms with Crippen LogP contribution in [0.5, 0.6) is 0 Å². The van der Waals surface area contributed by atoms with Gasteiger partial charge in [-0.15, -0.1) is 0 Å². The van der Waals surface area contributed by atoms with Crippen molar-refractivity contribution < 1.29 is 19.1 Å². The van der Waals surface area contributed by atoms with Crippen molar-refractivity contribution in [3.05, 3.63) is 11.1 Å². The number of carbonyl (C=O) groups excluding carboxylic acids is 2. The summed E-state index contributed by atoms with van der Waals surface area (Å²) in [6, 6.07) is 0. The second kappa shape index (κ2) is 11.3. The van der Waals surface area contributed by atoms with Crippen LogP contribution in [0.15, 0.2) is 11.1 Å². The van der Waals surface area contributed by atoms with Crippen molar-refractivity contribution in [2.75, 3.05) is 13.2 Å². The Kier molecular flexibility index (Phi) is 10.6. The average Bonchev–Trinajstić information content (AvgIpc) is 2.42. The third-order valence-electron chi connectivity index (χ3n) is 3.35. The molecule has 128 valence electrons. The van der Waals surface area contributed by atoms with Gasteiger partial charge in [0.1, 0.15) is 0 Å². The zero-order valence-corrected chi connectivity index (χ0v) is 15.0. The van der Waals surface area contributed by atoms with Gasteiger partial charge in [0.15, 0.2) is 0 Å². The molecule has 0 fully saturated rings. The summed E-state index contributed by atoms with van der Waals surface area (Å²) in [5.74, 6) is 0.154. The Balaban J connectivity index is 5.47. The van der Waals surface area contributed by atoms with Gasteiger partial charge in [-0.05, 0) is 51.4 Å². The van der Waals surface area contributed by atoms with Gasteiger partial charge >= 0.3 is 11.9 Å². The van der Waals surface area contributed by atoms with E-state index in [9.17, 15) is 9.59 Å². The van der Waals surface area contributed by atoms with Crippen LogP contribution in [-0.4, -0.2) is 25.2 Å². The van der Waals surface area contributed by atoms with Crippen molar-refractivity contribution in [2.24, 2.45) is 11.8 Å². The lowest BCUT2D eigenvalue weighted by atomic mass is 9.94. The quantitative estimate of drug-likeness (QED) is 0.446. The molecule has 0 unspecified atom stereocenters. The van der Waals surface area contributed by atoms with Crippen LogP contribution in [0.4, 0.5) is 0 Å². The molecule has 0 radical (unpaired) electrons. The number of ether oxygens (including phenoxy) is 2. The molecule has 0 aromatic heterocycles. The fourth-order valence-corrected chi connectivity index (χ4v) is 2.05. The number of esters is 2. The zero-order chi connectivity index (χ0) is 17.1. The number of rotatable bonds is 10.